The summed E-state index contributed by atoms with van der Waals surface area (Å²) in [6.45, 7) is 1.98. The van der Waals surface area contributed by atoms with Gasteiger partial charge in [-0.2, -0.15) is 0 Å². The Morgan fingerprint density at radius 2 is 2.20 bits per heavy atom. The summed E-state index contributed by atoms with van der Waals surface area (Å²) in [7, 11) is 0. The van der Waals surface area contributed by atoms with Gasteiger partial charge in [0.15, 0.2) is 0 Å². The highest BCUT2D eigenvalue weighted by Crippen LogP contribution is 2.18. The Hall–Kier alpha value is -1.95. The highest BCUT2D eigenvalue weighted by molar-refractivity contribution is 5.81. The van der Waals surface area contributed by atoms with Crippen molar-refractivity contribution in [2.24, 2.45) is 0 Å². The lowest BCUT2D eigenvalue weighted by Gasteiger charge is -2.16. The molecule has 3 rings (SSSR count). The number of imidazole rings is 1. The van der Waals surface area contributed by atoms with Crippen LogP contribution in [0.4, 0.5) is 4.39 Å². The number of carbonyl (C=O) groups excluding carboxylic acids is 1. The second-order valence-corrected chi connectivity index (χ2v) is 5.12. The normalized spacial score (nSPS) is 22.6. The van der Waals surface area contributed by atoms with E-state index in [9.17, 15) is 14.3 Å². The van der Waals surface area contributed by atoms with Crippen LogP contribution in [0.2, 0.25) is 0 Å². The Labute approximate surface area is 115 Å². The van der Waals surface area contributed by atoms with Crippen molar-refractivity contribution in [3.8, 4) is 0 Å². The highest BCUT2D eigenvalue weighted by atomic mass is 19.1. The molecule has 6 heteroatoms. The topological polar surface area (TPSA) is 58.4 Å². The van der Waals surface area contributed by atoms with Gasteiger partial charge in [-0.1, -0.05) is 12.1 Å². The quantitative estimate of drug-likeness (QED) is 0.886. The van der Waals surface area contributed by atoms with E-state index in [0.717, 1.165) is 16.9 Å². The molecular formula is C14H16FN3O2. The lowest BCUT2D eigenvalue weighted by atomic mass is 10.3. The van der Waals surface area contributed by atoms with Gasteiger partial charge in [0.05, 0.1) is 17.6 Å². The zero-order chi connectivity index (χ0) is 14.3. The molecule has 1 aromatic heterocycles. The van der Waals surface area contributed by atoms with E-state index >= 15 is 0 Å². The number of benzene rings is 1. The molecule has 1 saturated heterocycles. The van der Waals surface area contributed by atoms with Gasteiger partial charge in [-0.05, 0) is 19.1 Å². The van der Waals surface area contributed by atoms with Crippen molar-refractivity contribution in [3.05, 3.63) is 30.1 Å². The lowest BCUT2D eigenvalue weighted by Crippen LogP contribution is -2.33. The van der Waals surface area contributed by atoms with Gasteiger partial charge in [-0.15, -0.1) is 0 Å². The molecule has 1 aliphatic heterocycles. The predicted molar refractivity (Wildman–Crippen MR) is 72.0 cm³/mol. The number of para-hydroxylation sites is 2. The SMILES string of the molecule is Cc1nc2ccccc2n1CC(=O)N1C[C@@H](O)[C@H](F)C1. The summed E-state index contributed by atoms with van der Waals surface area (Å²) in [4.78, 5) is 18.0. The summed E-state index contributed by atoms with van der Waals surface area (Å²) in [5.41, 5.74) is 1.72. The van der Waals surface area contributed by atoms with Crippen LogP contribution in [-0.2, 0) is 11.3 Å². The van der Waals surface area contributed by atoms with Crippen LogP contribution in [0.25, 0.3) is 11.0 Å². The van der Waals surface area contributed by atoms with Crippen molar-refractivity contribution in [1.29, 1.82) is 0 Å². The molecule has 1 fully saturated rings. The molecule has 1 aliphatic rings. The van der Waals surface area contributed by atoms with Crippen LogP contribution in [0.5, 0.6) is 0 Å². The summed E-state index contributed by atoms with van der Waals surface area (Å²) in [5, 5.41) is 9.38. The maximum absolute atomic E-state index is 13.3. The number of halogens is 1. The van der Waals surface area contributed by atoms with Crippen molar-refractivity contribution >= 4 is 16.9 Å². The third-order valence-electron chi connectivity index (χ3n) is 3.71. The van der Waals surface area contributed by atoms with Crippen molar-refractivity contribution in [3.63, 3.8) is 0 Å². The number of likely N-dealkylation sites (tertiary alicyclic amines) is 1. The minimum atomic E-state index is -1.35. The van der Waals surface area contributed by atoms with Crippen molar-refractivity contribution in [2.75, 3.05) is 13.1 Å². The average molecular weight is 277 g/mol. The van der Waals surface area contributed by atoms with E-state index < -0.39 is 12.3 Å². The fourth-order valence-electron chi connectivity index (χ4n) is 2.58. The number of fused-ring (bicyclic) bond motifs is 1. The molecule has 0 aliphatic carbocycles. The van der Waals surface area contributed by atoms with Crippen LogP contribution in [0, 0.1) is 6.92 Å². The number of rotatable bonds is 2. The first-order valence-corrected chi connectivity index (χ1v) is 6.58. The third-order valence-corrected chi connectivity index (χ3v) is 3.71. The summed E-state index contributed by atoms with van der Waals surface area (Å²) in [6, 6.07) is 7.58. The molecule has 0 saturated carbocycles. The minimum Gasteiger partial charge on any atom is -0.388 e. The average Bonchev–Trinajstić information content (AvgIpc) is 2.91. The van der Waals surface area contributed by atoms with E-state index in [1.165, 1.54) is 4.90 Å². The Bertz CT molecular complexity index is 645. The van der Waals surface area contributed by atoms with Crippen molar-refractivity contribution in [1.82, 2.24) is 14.5 Å². The number of hydrogen-bond donors (Lipinski definition) is 1. The van der Waals surface area contributed by atoms with Gasteiger partial charge in [-0.25, -0.2) is 9.37 Å². The standard InChI is InChI=1S/C14H16FN3O2/c1-9-16-11-4-2-3-5-12(11)18(9)8-14(20)17-6-10(15)13(19)7-17/h2-5,10,13,19H,6-8H2,1H3/t10-,13-/m1/s1. The van der Waals surface area contributed by atoms with E-state index in [1.54, 1.807) is 0 Å². The van der Waals surface area contributed by atoms with Gasteiger partial charge in [0.1, 0.15) is 24.6 Å². The second kappa shape index (κ2) is 4.86. The first kappa shape index (κ1) is 13.1. The van der Waals surface area contributed by atoms with Gasteiger partial charge in [0.2, 0.25) is 5.91 Å². The van der Waals surface area contributed by atoms with Gasteiger partial charge in [0, 0.05) is 6.54 Å². The maximum Gasteiger partial charge on any atom is 0.242 e. The second-order valence-electron chi connectivity index (χ2n) is 5.12. The molecule has 0 bridgehead atoms. The van der Waals surface area contributed by atoms with Crippen LogP contribution in [0.3, 0.4) is 0 Å². The van der Waals surface area contributed by atoms with E-state index in [1.807, 2.05) is 35.8 Å². The number of carbonyl (C=O) groups is 1. The van der Waals surface area contributed by atoms with Crippen LogP contribution < -0.4 is 0 Å². The third kappa shape index (κ3) is 2.16. The summed E-state index contributed by atoms with van der Waals surface area (Å²) in [5.74, 6) is 0.548. The predicted octanol–water partition coefficient (Wildman–Crippen LogP) is 0.886. The minimum absolute atomic E-state index is 0.0360. The van der Waals surface area contributed by atoms with Gasteiger partial charge >= 0.3 is 0 Å². The van der Waals surface area contributed by atoms with Crippen LogP contribution in [-0.4, -0.2) is 50.8 Å². The first-order chi connectivity index (χ1) is 9.56. The maximum atomic E-state index is 13.3. The molecule has 2 heterocycles. The Balaban J connectivity index is 1.83. The molecule has 1 aromatic carbocycles. The summed E-state index contributed by atoms with van der Waals surface area (Å²) in [6.07, 6.45) is -2.42. The number of aliphatic hydroxyl groups excluding tert-OH is 1. The fraction of sp³-hybridized carbons (Fsp3) is 0.429. The van der Waals surface area contributed by atoms with Crippen molar-refractivity contribution in [2.45, 2.75) is 25.7 Å². The molecule has 106 valence electrons. The number of aromatic nitrogens is 2. The highest BCUT2D eigenvalue weighted by Gasteiger charge is 2.34. The van der Waals surface area contributed by atoms with E-state index in [4.69, 9.17) is 0 Å². The Morgan fingerprint density at radius 3 is 2.90 bits per heavy atom. The van der Waals surface area contributed by atoms with Crippen LogP contribution in [0.1, 0.15) is 5.82 Å². The molecule has 0 unspecified atom stereocenters. The van der Waals surface area contributed by atoms with Gasteiger partial charge in [-0.3, -0.25) is 4.79 Å². The van der Waals surface area contributed by atoms with E-state index in [0.29, 0.717) is 0 Å². The number of hydrogen-bond acceptors (Lipinski definition) is 3. The molecule has 0 radical (unpaired) electrons. The van der Waals surface area contributed by atoms with E-state index in [-0.39, 0.29) is 25.5 Å². The monoisotopic (exact) mass is 277 g/mol. The summed E-state index contributed by atoms with van der Waals surface area (Å²) < 4.78 is 15.1. The van der Waals surface area contributed by atoms with Crippen molar-refractivity contribution < 1.29 is 14.3 Å². The largest absolute Gasteiger partial charge is 0.388 e. The molecule has 1 N–H and O–H groups in total. The zero-order valence-electron chi connectivity index (χ0n) is 11.2. The number of amides is 1. The van der Waals surface area contributed by atoms with Crippen LogP contribution >= 0.6 is 0 Å². The molecule has 20 heavy (non-hydrogen) atoms. The molecule has 5 nitrogen and oxygen atoms in total. The molecule has 0 spiro atoms. The van der Waals surface area contributed by atoms with Crippen LogP contribution in [0.15, 0.2) is 24.3 Å². The number of β-amino-alcohol motifs (C(OH)–C–C–N with tert-alkyl or cyclic N) is 1. The lowest BCUT2D eigenvalue weighted by molar-refractivity contribution is -0.131. The zero-order valence-corrected chi connectivity index (χ0v) is 11.2. The van der Waals surface area contributed by atoms with E-state index in [2.05, 4.69) is 4.98 Å². The Morgan fingerprint density at radius 1 is 1.45 bits per heavy atom. The number of alkyl halides is 1. The number of nitrogens with zero attached hydrogens (tertiary/aromatic N) is 3. The smallest absolute Gasteiger partial charge is 0.242 e. The molecule has 2 atom stereocenters. The fourth-order valence-corrected chi connectivity index (χ4v) is 2.58. The number of aliphatic hydroxyl groups is 1. The van der Waals surface area contributed by atoms with Gasteiger partial charge < -0.3 is 14.6 Å². The summed E-state index contributed by atoms with van der Waals surface area (Å²) >= 11 is 0. The molecular weight excluding hydrogens is 261 g/mol. The van der Waals surface area contributed by atoms with Gasteiger partial charge in [0.25, 0.3) is 0 Å². The molecule has 2 aromatic rings. The number of aryl methyl sites for hydroxylation is 1. The molecule has 1 amide bonds. The Kier molecular flexibility index (Phi) is 3.17. The first-order valence-electron chi connectivity index (χ1n) is 6.58.